The lowest BCUT2D eigenvalue weighted by atomic mass is 9.81. The van der Waals surface area contributed by atoms with E-state index < -0.39 is 12.0 Å². The van der Waals surface area contributed by atoms with Crippen LogP contribution in [0.25, 0.3) is 0 Å². The predicted octanol–water partition coefficient (Wildman–Crippen LogP) is 1.60. The summed E-state index contributed by atoms with van der Waals surface area (Å²) in [5.41, 5.74) is -0.149. The van der Waals surface area contributed by atoms with Gasteiger partial charge in [0.05, 0.1) is 0 Å². The van der Waals surface area contributed by atoms with Crippen LogP contribution in [0.2, 0.25) is 0 Å². The van der Waals surface area contributed by atoms with Crippen molar-refractivity contribution in [1.29, 1.82) is 0 Å². The maximum absolute atomic E-state index is 11.9. The molecule has 0 spiro atoms. The van der Waals surface area contributed by atoms with Crippen molar-refractivity contribution in [3.05, 3.63) is 0 Å². The van der Waals surface area contributed by atoms with Crippen molar-refractivity contribution in [2.75, 3.05) is 7.05 Å². The van der Waals surface area contributed by atoms with Gasteiger partial charge in [-0.3, -0.25) is 4.79 Å². The van der Waals surface area contributed by atoms with Gasteiger partial charge in [0.1, 0.15) is 6.04 Å². The number of carbonyl (C=O) groups excluding carboxylic acids is 1. The quantitative estimate of drug-likeness (QED) is 0.778. The van der Waals surface area contributed by atoms with Crippen LogP contribution in [-0.2, 0) is 9.59 Å². The summed E-state index contributed by atoms with van der Waals surface area (Å²) in [7, 11) is 1.53. The van der Waals surface area contributed by atoms with Crippen LogP contribution in [0.1, 0.15) is 34.6 Å². The number of amides is 1. The van der Waals surface area contributed by atoms with Crippen LogP contribution >= 0.6 is 0 Å². The molecule has 1 amide bonds. The summed E-state index contributed by atoms with van der Waals surface area (Å²) < 4.78 is 0. The van der Waals surface area contributed by atoms with Crippen molar-refractivity contribution in [3.63, 3.8) is 0 Å². The van der Waals surface area contributed by atoms with E-state index in [0.29, 0.717) is 0 Å². The molecule has 0 fully saturated rings. The van der Waals surface area contributed by atoms with Crippen LogP contribution in [0.4, 0.5) is 0 Å². The van der Waals surface area contributed by atoms with Crippen LogP contribution in [0, 0.1) is 11.3 Å². The minimum absolute atomic E-state index is 0.127. The number of carboxylic acid groups (broad SMARTS) is 1. The Labute approximate surface area is 91.3 Å². The summed E-state index contributed by atoms with van der Waals surface area (Å²) in [4.78, 5) is 23.9. The number of carboxylic acids is 1. The number of hydrogen-bond acceptors (Lipinski definition) is 2. The van der Waals surface area contributed by atoms with Gasteiger partial charge in [-0.1, -0.05) is 27.7 Å². The molecule has 2 unspecified atom stereocenters. The smallest absolute Gasteiger partial charge is 0.326 e. The van der Waals surface area contributed by atoms with Crippen LogP contribution in [0.5, 0.6) is 0 Å². The summed E-state index contributed by atoms with van der Waals surface area (Å²) in [5, 5.41) is 8.79. The molecule has 0 saturated heterocycles. The average molecular weight is 215 g/mol. The van der Waals surface area contributed by atoms with Gasteiger partial charge in [0.15, 0.2) is 0 Å². The van der Waals surface area contributed by atoms with E-state index in [-0.39, 0.29) is 17.2 Å². The predicted molar refractivity (Wildman–Crippen MR) is 58.5 cm³/mol. The Morgan fingerprint density at radius 3 is 1.87 bits per heavy atom. The van der Waals surface area contributed by atoms with Crippen molar-refractivity contribution in [3.8, 4) is 0 Å². The van der Waals surface area contributed by atoms with E-state index in [9.17, 15) is 9.59 Å². The Morgan fingerprint density at radius 1 is 1.20 bits per heavy atom. The number of hydrogen-bond donors (Lipinski definition) is 1. The molecule has 1 N–H and O–H groups in total. The van der Waals surface area contributed by atoms with Gasteiger partial charge < -0.3 is 10.0 Å². The molecule has 0 aliphatic heterocycles. The van der Waals surface area contributed by atoms with E-state index in [4.69, 9.17) is 5.11 Å². The van der Waals surface area contributed by atoms with Crippen molar-refractivity contribution in [2.24, 2.45) is 11.3 Å². The SMILES string of the molecule is CC(C(=O)O)N(C)C(=O)C(C)C(C)(C)C. The van der Waals surface area contributed by atoms with Gasteiger partial charge in [-0.2, -0.15) is 0 Å². The Hall–Kier alpha value is -1.06. The van der Waals surface area contributed by atoms with Gasteiger partial charge in [-0.05, 0) is 12.3 Å². The van der Waals surface area contributed by atoms with E-state index in [2.05, 4.69) is 0 Å². The molecule has 0 heterocycles. The first-order valence-electron chi connectivity index (χ1n) is 5.08. The first-order valence-corrected chi connectivity index (χ1v) is 5.08. The largest absolute Gasteiger partial charge is 0.480 e. The maximum Gasteiger partial charge on any atom is 0.326 e. The molecule has 0 radical (unpaired) electrons. The number of nitrogens with zero attached hydrogens (tertiary/aromatic N) is 1. The third-order valence-corrected chi connectivity index (χ3v) is 2.96. The highest BCUT2D eigenvalue weighted by Crippen LogP contribution is 2.27. The van der Waals surface area contributed by atoms with Crippen LogP contribution in [0.15, 0.2) is 0 Å². The fourth-order valence-electron chi connectivity index (χ4n) is 1.03. The molecule has 0 saturated carbocycles. The first kappa shape index (κ1) is 13.9. The zero-order chi connectivity index (χ0) is 12.4. The normalized spacial score (nSPS) is 15.6. The van der Waals surface area contributed by atoms with Crippen molar-refractivity contribution >= 4 is 11.9 Å². The molecule has 0 aromatic heterocycles. The summed E-state index contributed by atoms with van der Waals surface area (Å²) in [5.74, 6) is -1.30. The first-order chi connectivity index (χ1) is 6.59. The second-order valence-electron chi connectivity index (χ2n) is 5.05. The highest BCUT2D eigenvalue weighted by molar-refractivity contribution is 5.84. The van der Waals surface area contributed by atoms with Gasteiger partial charge in [0.25, 0.3) is 0 Å². The summed E-state index contributed by atoms with van der Waals surface area (Å²) >= 11 is 0. The molecule has 88 valence electrons. The molecular formula is C11H21NO3. The van der Waals surface area contributed by atoms with Gasteiger partial charge >= 0.3 is 5.97 Å². The Bertz CT molecular complexity index is 255. The van der Waals surface area contributed by atoms with E-state index in [1.165, 1.54) is 18.9 Å². The summed E-state index contributed by atoms with van der Waals surface area (Å²) in [6.07, 6.45) is 0. The maximum atomic E-state index is 11.9. The lowest BCUT2D eigenvalue weighted by Gasteiger charge is -2.31. The molecule has 15 heavy (non-hydrogen) atoms. The number of carbonyl (C=O) groups is 2. The second-order valence-corrected chi connectivity index (χ2v) is 5.05. The molecule has 4 nitrogen and oxygen atoms in total. The van der Waals surface area contributed by atoms with E-state index in [0.717, 1.165) is 0 Å². The van der Waals surface area contributed by atoms with Gasteiger partial charge in [0.2, 0.25) is 5.91 Å². The van der Waals surface area contributed by atoms with Gasteiger partial charge in [0, 0.05) is 13.0 Å². The van der Waals surface area contributed by atoms with Gasteiger partial charge in [-0.15, -0.1) is 0 Å². The highest BCUT2D eigenvalue weighted by atomic mass is 16.4. The van der Waals surface area contributed by atoms with Crippen LogP contribution < -0.4 is 0 Å². The van der Waals surface area contributed by atoms with Crippen molar-refractivity contribution in [1.82, 2.24) is 4.90 Å². The Kier molecular flexibility index (Phi) is 4.31. The van der Waals surface area contributed by atoms with E-state index >= 15 is 0 Å². The zero-order valence-electron chi connectivity index (χ0n) is 10.4. The van der Waals surface area contributed by atoms with E-state index in [1.54, 1.807) is 0 Å². The number of aliphatic carboxylic acids is 1. The molecule has 0 bridgehead atoms. The fourth-order valence-corrected chi connectivity index (χ4v) is 1.03. The standard InChI is InChI=1S/C11H21NO3/c1-7(11(3,4)5)9(13)12(6)8(2)10(14)15/h7-8H,1-6H3,(H,14,15). The molecule has 0 aromatic carbocycles. The van der Waals surface area contributed by atoms with Gasteiger partial charge in [-0.25, -0.2) is 4.79 Å². The topological polar surface area (TPSA) is 57.6 Å². The van der Waals surface area contributed by atoms with Crippen molar-refractivity contribution in [2.45, 2.75) is 40.7 Å². The molecule has 0 aromatic rings. The zero-order valence-corrected chi connectivity index (χ0v) is 10.4. The molecular weight excluding hydrogens is 194 g/mol. The third-order valence-electron chi connectivity index (χ3n) is 2.96. The summed E-state index contributed by atoms with van der Waals surface area (Å²) in [6, 6.07) is -0.776. The fraction of sp³-hybridized carbons (Fsp3) is 0.818. The Morgan fingerprint density at radius 2 is 1.60 bits per heavy atom. The van der Waals surface area contributed by atoms with Crippen molar-refractivity contribution < 1.29 is 14.7 Å². The third kappa shape index (κ3) is 3.53. The lowest BCUT2D eigenvalue weighted by molar-refractivity contribution is -0.151. The monoisotopic (exact) mass is 215 g/mol. The molecule has 0 rings (SSSR count). The number of likely N-dealkylation sites (N-methyl/N-ethyl adjacent to an activating group) is 1. The molecule has 0 aliphatic carbocycles. The minimum atomic E-state index is -0.980. The van der Waals surface area contributed by atoms with Crippen LogP contribution in [-0.4, -0.2) is 35.0 Å². The van der Waals surface area contributed by atoms with E-state index in [1.807, 2.05) is 27.7 Å². The molecule has 0 aliphatic rings. The highest BCUT2D eigenvalue weighted by Gasteiger charge is 2.32. The number of rotatable bonds is 3. The second kappa shape index (κ2) is 4.64. The molecule has 2 atom stereocenters. The molecule has 4 heteroatoms. The summed E-state index contributed by atoms with van der Waals surface area (Å²) in [6.45, 7) is 9.24. The lowest BCUT2D eigenvalue weighted by Crippen LogP contribution is -2.45. The Balaban J connectivity index is 4.66. The van der Waals surface area contributed by atoms with Crippen LogP contribution in [0.3, 0.4) is 0 Å². The average Bonchev–Trinajstić information content (AvgIpc) is 2.11. The minimum Gasteiger partial charge on any atom is -0.480 e.